The van der Waals surface area contributed by atoms with Crippen LogP contribution in [0.1, 0.15) is 71.4 Å². The standard InChI is InChI=1S/C44H35N3O4/c1-26(2)28-14-13-15-29(27(3)4)42(28)47-43(48)40-34(45-30-16-5-9-20-36(30)50-37-21-10-6-17-31(37)45)24-25-35(41(40)44(47)49)46-32-18-7-11-22-38(32)51-39-23-12-8-19-33(39)46/h5-27H,1-4H3. The number of nitrogens with zero attached hydrogens (tertiary/aromatic N) is 3. The summed E-state index contributed by atoms with van der Waals surface area (Å²) < 4.78 is 12.7. The second kappa shape index (κ2) is 11.6. The predicted molar refractivity (Wildman–Crippen MR) is 202 cm³/mol. The van der Waals surface area contributed by atoms with Crippen LogP contribution in [0.2, 0.25) is 0 Å². The van der Waals surface area contributed by atoms with Crippen molar-refractivity contribution in [2.45, 2.75) is 39.5 Å². The Morgan fingerprint density at radius 1 is 0.392 bits per heavy atom. The van der Waals surface area contributed by atoms with Crippen LogP contribution in [-0.4, -0.2) is 11.8 Å². The number of imide groups is 1. The van der Waals surface area contributed by atoms with Gasteiger partial charge >= 0.3 is 0 Å². The molecule has 6 aromatic carbocycles. The first-order valence-corrected chi connectivity index (χ1v) is 17.3. The van der Waals surface area contributed by atoms with Gasteiger partial charge in [0.15, 0.2) is 23.0 Å². The highest BCUT2D eigenvalue weighted by atomic mass is 16.5. The van der Waals surface area contributed by atoms with E-state index in [9.17, 15) is 0 Å². The normalized spacial score (nSPS) is 14.1. The molecular weight excluding hydrogens is 635 g/mol. The number of para-hydroxylation sites is 9. The van der Waals surface area contributed by atoms with Crippen molar-refractivity contribution in [2.75, 3.05) is 14.7 Å². The Kier molecular flexibility index (Phi) is 7.00. The van der Waals surface area contributed by atoms with E-state index in [-0.39, 0.29) is 23.7 Å². The Bertz CT molecular complexity index is 2160. The number of carbonyl (C=O) groups is 2. The first-order chi connectivity index (χ1) is 24.8. The molecule has 6 aromatic rings. The van der Waals surface area contributed by atoms with Gasteiger partial charge in [-0.3, -0.25) is 9.59 Å². The Balaban J connectivity index is 1.36. The minimum absolute atomic E-state index is 0.0675. The molecule has 0 saturated heterocycles. The maximum atomic E-state index is 15.4. The number of anilines is 7. The summed E-state index contributed by atoms with van der Waals surface area (Å²) in [6, 6.07) is 41.1. The first-order valence-electron chi connectivity index (χ1n) is 17.3. The zero-order chi connectivity index (χ0) is 35.0. The largest absolute Gasteiger partial charge is 0.453 e. The number of fused-ring (bicyclic) bond motifs is 5. The predicted octanol–water partition coefficient (Wildman–Crippen LogP) is 11.9. The molecule has 9 rings (SSSR count). The summed E-state index contributed by atoms with van der Waals surface area (Å²) >= 11 is 0. The zero-order valence-corrected chi connectivity index (χ0v) is 28.8. The van der Waals surface area contributed by atoms with Crippen LogP contribution in [0.3, 0.4) is 0 Å². The zero-order valence-electron chi connectivity index (χ0n) is 28.8. The molecule has 0 N–H and O–H groups in total. The lowest BCUT2D eigenvalue weighted by atomic mass is 9.92. The van der Waals surface area contributed by atoms with E-state index in [0.717, 1.165) is 33.9 Å². The van der Waals surface area contributed by atoms with E-state index in [0.29, 0.717) is 51.2 Å². The van der Waals surface area contributed by atoms with Crippen LogP contribution in [-0.2, 0) is 0 Å². The second-order valence-electron chi connectivity index (χ2n) is 13.6. The summed E-state index contributed by atoms with van der Waals surface area (Å²) in [5.41, 5.74) is 7.52. The lowest BCUT2D eigenvalue weighted by Crippen LogP contribution is -2.32. The highest BCUT2D eigenvalue weighted by Crippen LogP contribution is 2.56. The number of hydrogen-bond donors (Lipinski definition) is 0. The van der Waals surface area contributed by atoms with Gasteiger partial charge in [-0.2, -0.15) is 0 Å². The van der Waals surface area contributed by atoms with Crippen LogP contribution in [0.5, 0.6) is 23.0 Å². The topological polar surface area (TPSA) is 62.3 Å². The van der Waals surface area contributed by atoms with Gasteiger partial charge in [0.1, 0.15) is 0 Å². The summed E-state index contributed by atoms with van der Waals surface area (Å²) in [7, 11) is 0. The third-order valence-corrected chi connectivity index (χ3v) is 9.91. The molecule has 0 saturated carbocycles. The molecule has 0 unspecified atom stereocenters. The fraction of sp³-hybridized carbons (Fsp3) is 0.136. The lowest BCUT2D eigenvalue weighted by molar-refractivity contribution is 0.0926. The molecule has 3 aliphatic rings. The molecule has 0 aliphatic carbocycles. The first kappa shape index (κ1) is 30.7. The molecule has 2 amide bonds. The van der Waals surface area contributed by atoms with Gasteiger partial charge < -0.3 is 19.3 Å². The van der Waals surface area contributed by atoms with Gasteiger partial charge in [-0.25, -0.2) is 4.90 Å². The third-order valence-electron chi connectivity index (χ3n) is 9.91. The van der Waals surface area contributed by atoms with Crippen molar-refractivity contribution in [2.24, 2.45) is 0 Å². The number of rotatable bonds is 5. The minimum atomic E-state index is -0.363. The van der Waals surface area contributed by atoms with E-state index in [1.165, 1.54) is 4.90 Å². The average molecular weight is 670 g/mol. The van der Waals surface area contributed by atoms with Gasteiger partial charge in [0, 0.05) is 0 Å². The highest BCUT2D eigenvalue weighted by Gasteiger charge is 2.46. The van der Waals surface area contributed by atoms with Crippen molar-refractivity contribution in [1.29, 1.82) is 0 Å². The van der Waals surface area contributed by atoms with Crippen molar-refractivity contribution < 1.29 is 19.1 Å². The average Bonchev–Trinajstić information content (AvgIpc) is 3.41. The van der Waals surface area contributed by atoms with E-state index in [1.54, 1.807) is 0 Å². The molecule has 0 radical (unpaired) electrons. The quantitative estimate of drug-likeness (QED) is 0.170. The Morgan fingerprint density at radius 3 is 1.06 bits per heavy atom. The number of benzene rings is 6. The van der Waals surface area contributed by atoms with Gasteiger partial charge in [0.05, 0.1) is 50.9 Å². The van der Waals surface area contributed by atoms with Crippen molar-refractivity contribution in [3.05, 3.63) is 150 Å². The SMILES string of the molecule is CC(C)c1cccc(C(C)C)c1N1C(=O)c2c(N3c4ccccc4Oc4ccccc43)ccc(N3c4ccccc4Oc4ccccc43)c2C1=O. The van der Waals surface area contributed by atoms with Crippen molar-refractivity contribution >= 4 is 51.6 Å². The second-order valence-corrected chi connectivity index (χ2v) is 13.6. The van der Waals surface area contributed by atoms with E-state index < -0.39 is 0 Å². The molecule has 51 heavy (non-hydrogen) atoms. The summed E-state index contributed by atoms with van der Waals surface area (Å²) in [6.45, 7) is 8.39. The lowest BCUT2D eigenvalue weighted by Gasteiger charge is -2.35. The molecule has 250 valence electrons. The Hall–Kier alpha value is -6.34. The van der Waals surface area contributed by atoms with Crippen molar-refractivity contribution in [3.63, 3.8) is 0 Å². The summed E-state index contributed by atoms with van der Waals surface area (Å²) in [4.78, 5) is 36.3. The molecule has 7 nitrogen and oxygen atoms in total. The Morgan fingerprint density at radius 2 is 0.725 bits per heavy atom. The minimum Gasteiger partial charge on any atom is -0.453 e. The maximum absolute atomic E-state index is 15.4. The number of amides is 2. The smallest absolute Gasteiger partial charge is 0.268 e. The number of ether oxygens (including phenoxy) is 2. The molecule has 0 aromatic heterocycles. The monoisotopic (exact) mass is 669 g/mol. The maximum Gasteiger partial charge on any atom is 0.268 e. The fourth-order valence-electron chi connectivity index (χ4n) is 7.60. The van der Waals surface area contributed by atoms with E-state index >= 15 is 9.59 Å². The summed E-state index contributed by atoms with van der Waals surface area (Å²) in [6.07, 6.45) is 0. The van der Waals surface area contributed by atoms with Crippen LogP contribution in [0.4, 0.5) is 39.8 Å². The molecule has 3 aliphatic heterocycles. The molecule has 0 spiro atoms. The number of carbonyl (C=O) groups excluding carboxylic acids is 2. The van der Waals surface area contributed by atoms with Crippen molar-refractivity contribution in [1.82, 2.24) is 0 Å². The molecular formula is C44H35N3O4. The third kappa shape index (κ3) is 4.58. The molecule has 7 heteroatoms. The fourth-order valence-corrected chi connectivity index (χ4v) is 7.60. The number of hydrogen-bond acceptors (Lipinski definition) is 6. The van der Waals surface area contributed by atoms with Crippen molar-refractivity contribution in [3.8, 4) is 23.0 Å². The molecule has 0 fully saturated rings. The van der Waals surface area contributed by atoms with Crippen LogP contribution in [0.15, 0.2) is 127 Å². The molecule has 0 bridgehead atoms. The van der Waals surface area contributed by atoms with E-state index in [4.69, 9.17) is 9.47 Å². The molecule has 0 atom stereocenters. The van der Waals surface area contributed by atoms with E-state index in [2.05, 4.69) is 27.7 Å². The van der Waals surface area contributed by atoms with Crippen LogP contribution >= 0.6 is 0 Å². The van der Waals surface area contributed by atoms with Gasteiger partial charge in [-0.1, -0.05) is 94.4 Å². The van der Waals surface area contributed by atoms with Crippen LogP contribution in [0.25, 0.3) is 0 Å². The van der Waals surface area contributed by atoms with Crippen LogP contribution in [0, 0.1) is 0 Å². The van der Waals surface area contributed by atoms with Gasteiger partial charge in [-0.15, -0.1) is 0 Å². The summed E-state index contributed by atoms with van der Waals surface area (Å²) in [5, 5.41) is 0. The van der Waals surface area contributed by atoms with Gasteiger partial charge in [0.25, 0.3) is 11.8 Å². The van der Waals surface area contributed by atoms with Crippen LogP contribution < -0.4 is 24.2 Å². The van der Waals surface area contributed by atoms with Gasteiger partial charge in [0.2, 0.25) is 0 Å². The van der Waals surface area contributed by atoms with Gasteiger partial charge in [-0.05, 0) is 83.6 Å². The highest BCUT2D eigenvalue weighted by molar-refractivity contribution is 6.38. The Labute approximate surface area is 296 Å². The van der Waals surface area contributed by atoms with E-state index in [1.807, 2.05) is 137 Å². The summed E-state index contributed by atoms with van der Waals surface area (Å²) in [5.74, 6) is 2.04. The molecule has 3 heterocycles.